The van der Waals surface area contributed by atoms with Crippen LogP contribution in [0.1, 0.15) is 12.5 Å². The Labute approximate surface area is 107 Å². The van der Waals surface area contributed by atoms with Crippen LogP contribution < -0.4 is 4.72 Å². The molecule has 0 saturated carbocycles. The molecule has 0 aliphatic heterocycles. The van der Waals surface area contributed by atoms with E-state index in [4.69, 9.17) is 11.6 Å². The standard InChI is InChI=1S/C10H18ClN3O2S/c1-9(5-11)8-17(15,16)13-4-3-10-6-12-14(2)7-10/h6-7,9,13H,3-5,8H2,1-2H3. The highest BCUT2D eigenvalue weighted by Crippen LogP contribution is 2.02. The lowest BCUT2D eigenvalue weighted by Gasteiger charge is -2.09. The predicted octanol–water partition coefficient (Wildman–Crippen LogP) is 0.757. The fourth-order valence-electron chi connectivity index (χ4n) is 1.43. The number of hydrogen-bond donors (Lipinski definition) is 1. The van der Waals surface area contributed by atoms with Crippen molar-refractivity contribution in [1.29, 1.82) is 0 Å². The first-order chi connectivity index (χ1) is 7.93. The molecule has 5 nitrogen and oxygen atoms in total. The van der Waals surface area contributed by atoms with E-state index in [0.717, 1.165) is 5.56 Å². The molecule has 1 rings (SSSR count). The summed E-state index contributed by atoms with van der Waals surface area (Å²) < 4.78 is 27.5. The van der Waals surface area contributed by atoms with E-state index >= 15 is 0 Å². The smallest absolute Gasteiger partial charge is 0.211 e. The summed E-state index contributed by atoms with van der Waals surface area (Å²) in [7, 11) is -1.39. The first-order valence-electron chi connectivity index (χ1n) is 5.44. The number of aryl methyl sites for hydroxylation is 1. The quantitative estimate of drug-likeness (QED) is 0.750. The third kappa shape index (κ3) is 5.52. The lowest BCUT2D eigenvalue weighted by atomic mass is 10.3. The monoisotopic (exact) mass is 279 g/mol. The molecule has 1 atom stereocenters. The van der Waals surface area contributed by atoms with E-state index in [1.807, 2.05) is 20.2 Å². The zero-order chi connectivity index (χ0) is 12.9. The number of aromatic nitrogens is 2. The summed E-state index contributed by atoms with van der Waals surface area (Å²) in [6, 6.07) is 0. The molecule has 0 bridgehead atoms. The van der Waals surface area contributed by atoms with Crippen LogP contribution in [-0.2, 0) is 23.5 Å². The summed E-state index contributed by atoms with van der Waals surface area (Å²) in [5.41, 5.74) is 1.01. The molecule has 98 valence electrons. The van der Waals surface area contributed by atoms with Gasteiger partial charge in [-0.15, -0.1) is 11.6 Å². The van der Waals surface area contributed by atoms with Gasteiger partial charge in [0, 0.05) is 25.7 Å². The molecule has 0 aromatic carbocycles. The highest BCUT2D eigenvalue weighted by atomic mass is 35.5. The van der Waals surface area contributed by atoms with Gasteiger partial charge in [-0.25, -0.2) is 13.1 Å². The van der Waals surface area contributed by atoms with Crippen LogP contribution in [0.3, 0.4) is 0 Å². The topological polar surface area (TPSA) is 64.0 Å². The molecule has 1 unspecified atom stereocenters. The maximum Gasteiger partial charge on any atom is 0.211 e. The van der Waals surface area contributed by atoms with Crippen molar-refractivity contribution < 1.29 is 8.42 Å². The molecular formula is C10H18ClN3O2S. The van der Waals surface area contributed by atoms with Crippen LogP contribution in [0.5, 0.6) is 0 Å². The molecule has 17 heavy (non-hydrogen) atoms. The van der Waals surface area contributed by atoms with E-state index in [1.165, 1.54) is 0 Å². The second-order valence-electron chi connectivity index (χ2n) is 4.21. The van der Waals surface area contributed by atoms with Crippen molar-refractivity contribution in [2.24, 2.45) is 13.0 Å². The summed E-state index contributed by atoms with van der Waals surface area (Å²) in [5.74, 6) is 0.389. The third-order valence-corrected chi connectivity index (χ3v) is 4.44. The average Bonchev–Trinajstić information content (AvgIpc) is 2.63. The summed E-state index contributed by atoms with van der Waals surface area (Å²) >= 11 is 5.59. The van der Waals surface area contributed by atoms with Crippen LogP contribution in [0.25, 0.3) is 0 Å². The van der Waals surface area contributed by atoms with Gasteiger partial charge in [0.05, 0.1) is 11.9 Å². The summed E-state index contributed by atoms with van der Waals surface area (Å²) in [6.07, 6.45) is 4.24. The fraction of sp³-hybridized carbons (Fsp3) is 0.700. The van der Waals surface area contributed by atoms with Crippen molar-refractivity contribution in [2.45, 2.75) is 13.3 Å². The van der Waals surface area contributed by atoms with Crippen LogP contribution in [0, 0.1) is 5.92 Å². The molecule has 1 aromatic rings. The van der Waals surface area contributed by atoms with Crippen LogP contribution in [0.4, 0.5) is 0 Å². The highest BCUT2D eigenvalue weighted by molar-refractivity contribution is 7.89. The zero-order valence-corrected chi connectivity index (χ0v) is 11.6. The van der Waals surface area contributed by atoms with E-state index in [1.54, 1.807) is 10.9 Å². The lowest BCUT2D eigenvalue weighted by Crippen LogP contribution is -2.31. The minimum Gasteiger partial charge on any atom is -0.276 e. The van der Waals surface area contributed by atoms with Crippen molar-refractivity contribution in [3.05, 3.63) is 18.0 Å². The van der Waals surface area contributed by atoms with Crippen molar-refractivity contribution in [1.82, 2.24) is 14.5 Å². The van der Waals surface area contributed by atoms with Gasteiger partial charge in [-0.2, -0.15) is 5.10 Å². The highest BCUT2D eigenvalue weighted by Gasteiger charge is 2.14. The first-order valence-corrected chi connectivity index (χ1v) is 7.62. The summed E-state index contributed by atoms with van der Waals surface area (Å²) in [4.78, 5) is 0. The van der Waals surface area contributed by atoms with Gasteiger partial charge >= 0.3 is 0 Å². The number of alkyl halides is 1. The molecule has 0 saturated heterocycles. The van der Waals surface area contributed by atoms with E-state index in [0.29, 0.717) is 18.8 Å². The van der Waals surface area contributed by atoms with E-state index in [-0.39, 0.29) is 11.7 Å². The predicted molar refractivity (Wildman–Crippen MR) is 68.6 cm³/mol. The van der Waals surface area contributed by atoms with Crippen molar-refractivity contribution >= 4 is 21.6 Å². The minimum atomic E-state index is -3.22. The number of sulfonamides is 1. The normalized spacial score (nSPS) is 13.8. The molecule has 0 aliphatic carbocycles. The van der Waals surface area contributed by atoms with Crippen LogP contribution in [-0.4, -0.2) is 36.4 Å². The fourth-order valence-corrected chi connectivity index (χ4v) is 3.07. The van der Waals surface area contributed by atoms with Crippen LogP contribution in [0.2, 0.25) is 0 Å². The molecule has 0 fully saturated rings. The Balaban J connectivity index is 2.35. The molecule has 1 N–H and O–H groups in total. The van der Waals surface area contributed by atoms with Crippen molar-refractivity contribution in [3.8, 4) is 0 Å². The van der Waals surface area contributed by atoms with Gasteiger partial charge in [0.15, 0.2) is 0 Å². The Morgan fingerprint density at radius 3 is 2.82 bits per heavy atom. The Morgan fingerprint density at radius 2 is 2.29 bits per heavy atom. The molecule has 1 aromatic heterocycles. The molecule has 0 spiro atoms. The van der Waals surface area contributed by atoms with E-state index in [2.05, 4.69) is 9.82 Å². The second kappa shape index (κ2) is 6.37. The molecule has 1 heterocycles. The largest absolute Gasteiger partial charge is 0.276 e. The number of hydrogen-bond acceptors (Lipinski definition) is 3. The van der Waals surface area contributed by atoms with Crippen molar-refractivity contribution in [2.75, 3.05) is 18.2 Å². The van der Waals surface area contributed by atoms with Gasteiger partial charge < -0.3 is 0 Å². The zero-order valence-electron chi connectivity index (χ0n) is 10.1. The van der Waals surface area contributed by atoms with Crippen LogP contribution >= 0.6 is 11.6 Å². The number of rotatable bonds is 7. The third-order valence-electron chi connectivity index (χ3n) is 2.26. The van der Waals surface area contributed by atoms with Gasteiger partial charge in [-0.3, -0.25) is 4.68 Å². The van der Waals surface area contributed by atoms with E-state index in [9.17, 15) is 8.42 Å². The minimum absolute atomic E-state index is 0.0347. The van der Waals surface area contributed by atoms with Gasteiger partial charge in [0.25, 0.3) is 0 Å². The summed E-state index contributed by atoms with van der Waals surface area (Å²) in [6.45, 7) is 2.20. The Morgan fingerprint density at radius 1 is 1.59 bits per heavy atom. The van der Waals surface area contributed by atoms with Crippen molar-refractivity contribution in [3.63, 3.8) is 0 Å². The Hall–Kier alpha value is -0.590. The van der Waals surface area contributed by atoms with Gasteiger partial charge in [0.1, 0.15) is 0 Å². The maximum atomic E-state index is 11.6. The van der Waals surface area contributed by atoms with Gasteiger partial charge in [-0.1, -0.05) is 6.92 Å². The lowest BCUT2D eigenvalue weighted by molar-refractivity contribution is 0.569. The number of halogens is 1. The first kappa shape index (κ1) is 14.5. The molecule has 7 heteroatoms. The Bertz CT molecular complexity index is 444. The summed E-state index contributed by atoms with van der Waals surface area (Å²) in [5, 5.41) is 4.02. The average molecular weight is 280 g/mol. The van der Waals surface area contributed by atoms with E-state index < -0.39 is 10.0 Å². The van der Waals surface area contributed by atoms with Gasteiger partial charge in [-0.05, 0) is 17.9 Å². The number of nitrogens with zero attached hydrogens (tertiary/aromatic N) is 2. The number of nitrogens with one attached hydrogen (secondary N) is 1. The molecule has 0 radical (unpaired) electrons. The molecule has 0 amide bonds. The van der Waals surface area contributed by atoms with Crippen LogP contribution in [0.15, 0.2) is 12.4 Å². The second-order valence-corrected chi connectivity index (χ2v) is 6.37. The Kier molecular flexibility index (Phi) is 5.42. The molecular weight excluding hydrogens is 262 g/mol. The maximum absolute atomic E-state index is 11.6. The van der Waals surface area contributed by atoms with Gasteiger partial charge in [0.2, 0.25) is 10.0 Å². The SMILES string of the molecule is CC(CCl)CS(=O)(=O)NCCc1cnn(C)c1. The molecule has 0 aliphatic rings.